The Bertz CT molecular complexity index is 622. The fourth-order valence-corrected chi connectivity index (χ4v) is 2.13. The molecule has 2 aromatic rings. The van der Waals surface area contributed by atoms with Gasteiger partial charge in [0.2, 0.25) is 0 Å². The van der Waals surface area contributed by atoms with Crippen LogP contribution in [0.2, 0.25) is 0 Å². The van der Waals surface area contributed by atoms with Crippen LogP contribution < -0.4 is 5.32 Å². The van der Waals surface area contributed by atoms with E-state index in [0.717, 1.165) is 0 Å². The first kappa shape index (κ1) is 13.8. The van der Waals surface area contributed by atoms with Crippen molar-refractivity contribution in [1.82, 2.24) is 5.32 Å². The molecule has 1 aromatic heterocycles. The molecule has 0 aliphatic rings. The van der Waals surface area contributed by atoms with Crippen molar-refractivity contribution in [3.05, 3.63) is 57.2 Å². The van der Waals surface area contributed by atoms with E-state index in [1.807, 2.05) is 0 Å². The first-order valence-corrected chi connectivity index (χ1v) is 6.56. The third-order valence-electron chi connectivity index (χ3n) is 2.74. The number of carbonyl (C=O) groups is 1. The minimum atomic E-state index is -0.352. The van der Waals surface area contributed by atoms with E-state index in [1.165, 1.54) is 6.07 Å². The maximum absolute atomic E-state index is 13.6. The minimum Gasteiger partial charge on any atom is -0.466 e. The SMILES string of the molecule is Cc1cc(C(=O)NCc2ccc(Br)cc2F)c(C)o1. The van der Waals surface area contributed by atoms with Crippen LogP contribution in [0.5, 0.6) is 0 Å². The lowest BCUT2D eigenvalue weighted by molar-refractivity contribution is 0.0949. The number of rotatable bonds is 3. The zero-order valence-electron chi connectivity index (χ0n) is 10.6. The first-order valence-electron chi connectivity index (χ1n) is 5.76. The van der Waals surface area contributed by atoms with Crippen LogP contribution in [-0.4, -0.2) is 5.91 Å². The van der Waals surface area contributed by atoms with Gasteiger partial charge in [0.1, 0.15) is 17.3 Å². The van der Waals surface area contributed by atoms with Crippen LogP contribution in [0.3, 0.4) is 0 Å². The Morgan fingerprint density at radius 1 is 1.37 bits per heavy atom. The summed E-state index contributed by atoms with van der Waals surface area (Å²) in [4.78, 5) is 11.9. The molecule has 1 N–H and O–H groups in total. The van der Waals surface area contributed by atoms with E-state index in [-0.39, 0.29) is 18.3 Å². The van der Waals surface area contributed by atoms with Crippen molar-refractivity contribution in [3.63, 3.8) is 0 Å². The molecule has 0 saturated heterocycles. The smallest absolute Gasteiger partial charge is 0.255 e. The molecule has 2 rings (SSSR count). The Balaban J connectivity index is 2.06. The number of hydrogen-bond acceptors (Lipinski definition) is 2. The molecule has 0 aliphatic heterocycles. The van der Waals surface area contributed by atoms with E-state index in [9.17, 15) is 9.18 Å². The summed E-state index contributed by atoms with van der Waals surface area (Å²) < 4.78 is 19.5. The van der Waals surface area contributed by atoms with E-state index in [0.29, 0.717) is 27.1 Å². The second kappa shape index (κ2) is 5.57. The fourth-order valence-electron chi connectivity index (χ4n) is 1.79. The van der Waals surface area contributed by atoms with Crippen LogP contribution in [0, 0.1) is 19.7 Å². The number of nitrogens with one attached hydrogen (secondary N) is 1. The Morgan fingerprint density at radius 3 is 2.68 bits per heavy atom. The molecule has 1 heterocycles. The van der Waals surface area contributed by atoms with E-state index >= 15 is 0 Å². The van der Waals surface area contributed by atoms with Crippen molar-refractivity contribution in [2.45, 2.75) is 20.4 Å². The molecule has 0 atom stereocenters. The summed E-state index contributed by atoms with van der Waals surface area (Å²) >= 11 is 3.19. The zero-order valence-corrected chi connectivity index (χ0v) is 12.2. The van der Waals surface area contributed by atoms with Gasteiger partial charge in [0.05, 0.1) is 5.56 Å². The Labute approximate surface area is 118 Å². The standard InChI is InChI=1S/C14H13BrFNO2/c1-8-5-12(9(2)19-8)14(18)17-7-10-3-4-11(15)6-13(10)16/h3-6H,7H2,1-2H3,(H,17,18). The highest BCUT2D eigenvalue weighted by Crippen LogP contribution is 2.16. The first-order chi connectivity index (χ1) is 8.97. The van der Waals surface area contributed by atoms with Crippen LogP contribution >= 0.6 is 15.9 Å². The molecule has 100 valence electrons. The largest absolute Gasteiger partial charge is 0.466 e. The normalized spacial score (nSPS) is 10.5. The van der Waals surface area contributed by atoms with Gasteiger partial charge >= 0.3 is 0 Å². The molecule has 0 unspecified atom stereocenters. The lowest BCUT2D eigenvalue weighted by atomic mass is 10.2. The van der Waals surface area contributed by atoms with Crippen LogP contribution in [0.25, 0.3) is 0 Å². The highest BCUT2D eigenvalue weighted by molar-refractivity contribution is 9.10. The number of halogens is 2. The second-order valence-corrected chi connectivity index (χ2v) is 5.16. The number of carbonyl (C=O) groups excluding carboxylic acids is 1. The molecule has 0 radical (unpaired) electrons. The highest BCUT2D eigenvalue weighted by atomic mass is 79.9. The quantitative estimate of drug-likeness (QED) is 0.934. The van der Waals surface area contributed by atoms with Crippen LogP contribution in [0.4, 0.5) is 4.39 Å². The van der Waals surface area contributed by atoms with Gasteiger partial charge in [-0.05, 0) is 32.0 Å². The maximum Gasteiger partial charge on any atom is 0.255 e. The predicted molar refractivity (Wildman–Crippen MR) is 73.5 cm³/mol. The van der Waals surface area contributed by atoms with Crippen molar-refractivity contribution in [2.75, 3.05) is 0 Å². The summed E-state index contributed by atoms with van der Waals surface area (Å²) in [7, 11) is 0. The summed E-state index contributed by atoms with van der Waals surface area (Å²) in [5.41, 5.74) is 0.921. The third kappa shape index (κ3) is 3.23. The average Bonchev–Trinajstić information content (AvgIpc) is 2.67. The number of amides is 1. The van der Waals surface area contributed by atoms with Gasteiger partial charge in [-0.25, -0.2) is 4.39 Å². The summed E-state index contributed by atoms with van der Waals surface area (Å²) in [5.74, 6) is 0.621. The van der Waals surface area contributed by atoms with Crippen molar-refractivity contribution in [2.24, 2.45) is 0 Å². The Kier molecular flexibility index (Phi) is 4.04. The second-order valence-electron chi connectivity index (χ2n) is 4.25. The summed E-state index contributed by atoms with van der Waals surface area (Å²) in [5, 5.41) is 2.68. The van der Waals surface area contributed by atoms with Crippen molar-refractivity contribution >= 4 is 21.8 Å². The summed E-state index contributed by atoms with van der Waals surface area (Å²) in [6.07, 6.45) is 0. The number of hydrogen-bond donors (Lipinski definition) is 1. The zero-order chi connectivity index (χ0) is 14.0. The monoisotopic (exact) mass is 325 g/mol. The molecule has 0 spiro atoms. The molecule has 1 amide bonds. The minimum absolute atomic E-state index is 0.140. The van der Waals surface area contributed by atoms with Gasteiger partial charge in [-0.15, -0.1) is 0 Å². The highest BCUT2D eigenvalue weighted by Gasteiger charge is 2.13. The average molecular weight is 326 g/mol. The third-order valence-corrected chi connectivity index (χ3v) is 3.23. The van der Waals surface area contributed by atoms with E-state index in [2.05, 4.69) is 21.2 Å². The summed E-state index contributed by atoms with van der Waals surface area (Å²) in [6.45, 7) is 3.64. The number of aryl methyl sites for hydroxylation is 2. The molecule has 1 aromatic carbocycles. The van der Waals surface area contributed by atoms with Crippen molar-refractivity contribution in [1.29, 1.82) is 0 Å². The van der Waals surface area contributed by atoms with Gasteiger partial charge in [0.15, 0.2) is 0 Å². The number of benzene rings is 1. The van der Waals surface area contributed by atoms with Gasteiger partial charge < -0.3 is 9.73 Å². The Hall–Kier alpha value is -1.62. The van der Waals surface area contributed by atoms with Crippen molar-refractivity contribution < 1.29 is 13.6 Å². The van der Waals surface area contributed by atoms with Gasteiger partial charge in [0.25, 0.3) is 5.91 Å². The molecular weight excluding hydrogens is 313 g/mol. The molecule has 19 heavy (non-hydrogen) atoms. The van der Waals surface area contributed by atoms with Crippen LogP contribution in [0.15, 0.2) is 33.2 Å². The number of furan rings is 1. The lowest BCUT2D eigenvalue weighted by Crippen LogP contribution is -2.23. The van der Waals surface area contributed by atoms with Gasteiger partial charge in [-0.3, -0.25) is 4.79 Å². The Morgan fingerprint density at radius 2 is 2.11 bits per heavy atom. The van der Waals surface area contributed by atoms with E-state index in [4.69, 9.17) is 4.42 Å². The summed E-state index contributed by atoms with van der Waals surface area (Å²) in [6, 6.07) is 6.41. The van der Waals surface area contributed by atoms with Crippen LogP contribution in [-0.2, 0) is 6.54 Å². The van der Waals surface area contributed by atoms with Gasteiger partial charge in [0, 0.05) is 16.6 Å². The topological polar surface area (TPSA) is 42.2 Å². The molecular formula is C14H13BrFNO2. The van der Waals surface area contributed by atoms with Gasteiger partial charge in [-0.2, -0.15) is 0 Å². The fraction of sp³-hybridized carbons (Fsp3) is 0.214. The maximum atomic E-state index is 13.6. The molecule has 0 bridgehead atoms. The van der Waals surface area contributed by atoms with Crippen molar-refractivity contribution in [3.8, 4) is 0 Å². The molecule has 0 aliphatic carbocycles. The van der Waals surface area contributed by atoms with E-state index < -0.39 is 0 Å². The molecule has 3 nitrogen and oxygen atoms in total. The van der Waals surface area contributed by atoms with Gasteiger partial charge in [-0.1, -0.05) is 22.0 Å². The van der Waals surface area contributed by atoms with Crippen LogP contribution in [0.1, 0.15) is 27.4 Å². The lowest BCUT2D eigenvalue weighted by Gasteiger charge is -2.06. The molecule has 0 saturated carbocycles. The van der Waals surface area contributed by atoms with E-state index in [1.54, 1.807) is 32.0 Å². The predicted octanol–water partition coefficient (Wildman–Crippen LogP) is 3.73. The molecule has 5 heteroatoms. The molecule has 0 fully saturated rings.